The molecule has 0 radical (unpaired) electrons. The van der Waals surface area contributed by atoms with Gasteiger partial charge in [0.25, 0.3) is 0 Å². The molecule has 0 amide bonds. The van der Waals surface area contributed by atoms with E-state index in [2.05, 4.69) is 39.6 Å². The first-order valence-corrected chi connectivity index (χ1v) is 7.71. The predicted octanol–water partition coefficient (Wildman–Crippen LogP) is 2.58. The van der Waals surface area contributed by atoms with Crippen LogP contribution in [0.3, 0.4) is 0 Å². The molecule has 1 aliphatic rings. The molecule has 0 aliphatic heterocycles. The van der Waals surface area contributed by atoms with Crippen molar-refractivity contribution in [1.82, 2.24) is 14.9 Å². The summed E-state index contributed by atoms with van der Waals surface area (Å²) in [5.74, 6) is 1.86. The number of rotatable bonds is 7. The van der Waals surface area contributed by atoms with Crippen LogP contribution in [0.15, 0.2) is 12.4 Å². The van der Waals surface area contributed by atoms with E-state index in [4.69, 9.17) is 0 Å². The van der Waals surface area contributed by atoms with Crippen molar-refractivity contribution in [1.29, 1.82) is 0 Å². The highest BCUT2D eigenvalue weighted by Gasteiger charge is 2.13. The summed E-state index contributed by atoms with van der Waals surface area (Å²) in [5, 5.41) is 6.89. The van der Waals surface area contributed by atoms with Crippen LogP contribution in [-0.2, 0) is 0 Å². The van der Waals surface area contributed by atoms with Crippen LogP contribution in [0.2, 0.25) is 0 Å². The van der Waals surface area contributed by atoms with Gasteiger partial charge in [-0.1, -0.05) is 19.3 Å². The fourth-order valence-electron chi connectivity index (χ4n) is 2.60. The normalized spacial score (nSPS) is 16.4. The van der Waals surface area contributed by atoms with Gasteiger partial charge in [0.05, 0.1) is 0 Å². The van der Waals surface area contributed by atoms with E-state index in [9.17, 15) is 0 Å². The third-order valence-electron chi connectivity index (χ3n) is 3.71. The lowest BCUT2D eigenvalue weighted by Crippen LogP contribution is -2.23. The lowest BCUT2D eigenvalue weighted by atomic mass is 9.95. The number of hydrogen-bond acceptors (Lipinski definition) is 5. The van der Waals surface area contributed by atoms with E-state index in [1.807, 2.05) is 6.07 Å². The van der Waals surface area contributed by atoms with Crippen molar-refractivity contribution < 1.29 is 0 Å². The van der Waals surface area contributed by atoms with Gasteiger partial charge in [-0.25, -0.2) is 9.97 Å². The highest BCUT2D eigenvalue weighted by Crippen LogP contribution is 2.21. The van der Waals surface area contributed by atoms with Crippen LogP contribution in [0.5, 0.6) is 0 Å². The van der Waals surface area contributed by atoms with E-state index in [1.165, 1.54) is 32.1 Å². The van der Waals surface area contributed by atoms with Crippen molar-refractivity contribution in [3.05, 3.63) is 12.4 Å². The fraction of sp³-hybridized carbons (Fsp3) is 0.733. The van der Waals surface area contributed by atoms with E-state index in [-0.39, 0.29) is 0 Å². The summed E-state index contributed by atoms with van der Waals surface area (Å²) in [7, 11) is 4.19. The van der Waals surface area contributed by atoms with E-state index in [1.54, 1.807) is 6.33 Å². The number of anilines is 2. The molecule has 1 aromatic heterocycles. The second-order valence-corrected chi connectivity index (χ2v) is 5.85. The van der Waals surface area contributed by atoms with Crippen LogP contribution >= 0.6 is 0 Å². The fourth-order valence-corrected chi connectivity index (χ4v) is 2.60. The highest BCUT2D eigenvalue weighted by molar-refractivity contribution is 5.46. The maximum absolute atomic E-state index is 4.32. The number of aromatic nitrogens is 2. The molecule has 0 bridgehead atoms. The molecule has 5 nitrogen and oxygen atoms in total. The molecule has 20 heavy (non-hydrogen) atoms. The molecule has 0 aromatic carbocycles. The number of nitrogens with one attached hydrogen (secondary N) is 2. The van der Waals surface area contributed by atoms with Crippen LogP contribution in [0, 0.1) is 0 Å². The molecule has 1 fully saturated rings. The Hall–Kier alpha value is -1.36. The van der Waals surface area contributed by atoms with Gasteiger partial charge in [0.1, 0.15) is 18.0 Å². The van der Waals surface area contributed by atoms with Gasteiger partial charge >= 0.3 is 0 Å². The molecular weight excluding hydrogens is 250 g/mol. The van der Waals surface area contributed by atoms with Crippen LogP contribution in [-0.4, -0.2) is 48.1 Å². The Labute approximate surface area is 122 Å². The largest absolute Gasteiger partial charge is 0.370 e. The lowest BCUT2D eigenvalue weighted by Gasteiger charge is -2.23. The smallest absolute Gasteiger partial charge is 0.131 e. The van der Waals surface area contributed by atoms with Crippen LogP contribution in [0.25, 0.3) is 0 Å². The average Bonchev–Trinajstić information content (AvgIpc) is 2.45. The molecule has 0 spiro atoms. The lowest BCUT2D eigenvalue weighted by molar-refractivity contribution is 0.405. The van der Waals surface area contributed by atoms with E-state index >= 15 is 0 Å². The minimum absolute atomic E-state index is 0.584. The zero-order chi connectivity index (χ0) is 14.2. The topological polar surface area (TPSA) is 53.1 Å². The Morgan fingerprint density at radius 2 is 1.90 bits per heavy atom. The Bertz CT molecular complexity index is 388. The van der Waals surface area contributed by atoms with Crippen LogP contribution < -0.4 is 10.6 Å². The standard InChI is InChI=1S/C15H27N5/c1-20(2)10-6-9-16-14-11-15(18-12-17-14)19-13-7-4-3-5-8-13/h11-13H,3-10H2,1-2H3,(H2,16,17,18,19). The van der Waals surface area contributed by atoms with Crippen molar-refractivity contribution >= 4 is 11.6 Å². The molecule has 0 saturated heterocycles. The minimum atomic E-state index is 0.584. The number of nitrogens with zero attached hydrogens (tertiary/aromatic N) is 3. The number of hydrogen-bond donors (Lipinski definition) is 2. The van der Waals surface area contributed by atoms with E-state index in [0.29, 0.717) is 6.04 Å². The van der Waals surface area contributed by atoms with Gasteiger partial charge in [-0.15, -0.1) is 0 Å². The molecule has 5 heteroatoms. The Balaban J connectivity index is 1.78. The molecule has 1 aromatic rings. The summed E-state index contributed by atoms with van der Waals surface area (Å²) in [6.07, 6.45) is 9.31. The second kappa shape index (κ2) is 8.04. The average molecular weight is 277 g/mol. The van der Waals surface area contributed by atoms with Crippen molar-refractivity contribution in [3.63, 3.8) is 0 Å². The first kappa shape index (κ1) is 15.0. The van der Waals surface area contributed by atoms with Gasteiger partial charge in [0.2, 0.25) is 0 Å². The molecule has 1 aliphatic carbocycles. The SMILES string of the molecule is CN(C)CCCNc1cc(NC2CCCCC2)ncn1. The van der Waals surface area contributed by atoms with Crippen LogP contribution in [0.4, 0.5) is 11.6 Å². The summed E-state index contributed by atoms with van der Waals surface area (Å²) in [5.41, 5.74) is 0. The summed E-state index contributed by atoms with van der Waals surface area (Å²) in [6, 6.07) is 2.60. The van der Waals surface area contributed by atoms with Crippen molar-refractivity contribution in [2.75, 3.05) is 37.8 Å². The molecule has 0 unspecified atom stereocenters. The highest BCUT2D eigenvalue weighted by atomic mass is 15.1. The van der Waals surface area contributed by atoms with Crippen molar-refractivity contribution in [2.45, 2.75) is 44.6 Å². The van der Waals surface area contributed by atoms with Gasteiger partial charge in [-0.3, -0.25) is 0 Å². The maximum Gasteiger partial charge on any atom is 0.131 e. The molecule has 112 valence electrons. The predicted molar refractivity (Wildman–Crippen MR) is 84.2 cm³/mol. The Kier molecular flexibility index (Phi) is 6.05. The van der Waals surface area contributed by atoms with E-state index in [0.717, 1.165) is 31.1 Å². The van der Waals surface area contributed by atoms with Crippen molar-refractivity contribution in [2.24, 2.45) is 0 Å². The summed E-state index contributed by atoms with van der Waals surface area (Å²) in [4.78, 5) is 10.8. The molecular formula is C15H27N5. The summed E-state index contributed by atoms with van der Waals surface area (Å²) in [6.45, 7) is 2.03. The molecule has 2 N–H and O–H groups in total. The summed E-state index contributed by atoms with van der Waals surface area (Å²) >= 11 is 0. The zero-order valence-corrected chi connectivity index (χ0v) is 12.7. The Morgan fingerprint density at radius 1 is 1.15 bits per heavy atom. The Morgan fingerprint density at radius 3 is 2.65 bits per heavy atom. The first-order chi connectivity index (χ1) is 9.74. The minimum Gasteiger partial charge on any atom is -0.370 e. The maximum atomic E-state index is 4.32. The molecule has 1 saturated carbocycles. The van der Waals surface area contributed by atoms with Gasteiger partial charge in [-0.05, 0) is 39.9 Å². The molecule has 2 rings (SSSR count). The third-order valence-corrected chi connectivity index (χ3v) is 3.71. The first-order valence-electron chi connectivity index (χ1n) is 7.71. The molecule has 1 heterocycles. The van der Waals surface area contributed by atoms with Gasteiger partial charge in [0, 0.05) is 18.7 Å². The van der Waals surface area contributed by atoms with Crippen molar-refractivity contribution in [3.8, 4) is 0 Å². The zero-order valence-electron chi connectivity index (χ0n) is 12.7. The monoisotopic (exact) mass is 277 g/mol. The second-order valence-electron chi connectivity index (χ2n) is 5.85. The molecule has 0 atom stereocenters. The van der Waals surface area contributed by atoms with Gasteiger partial charge in [0.15, 0.2) is 0 Å². The van der Waals surface area contributed by atoms with E-state index < -0.39 is 0 Å². The quantitative estimate of drug-likeness (QED) is 0.750. The van der Waals surface area contributed by atoms with Gasteiger partial charge in [-0.2, -0.15) is 0 Å². The third kappa shape index (κ3) is 5.33. The van der Waals surface area contributed by atoms with Gasteiger partial charge < -0.3 is 15.5 Å². The summed E-state index contributed by atoms with van der Waals surface area (Å²) < 4.78 is 0. The van der Waals surface area contributed by atoms with Crippen LogP contribution in [0.1, 0.15) is 38.5 Å².